The van der Waals surface area contributed by atoms with E-state index in [9.17, 15) is 0 Å². The van der Waals surface area contributed by atoms with Crippen molar-refractivity contribution in [3.05, 3.63) is 0 Å². The van der Waals surface area contributed by atoms with E-state index < -0.39 is 0 Å². The molecule has 0 heterocycles. The molecule has 0 saturated heterocycles. The molecular formula is C6H13ClO. The zero-order valence-electron chi connectivity index (χ0n) is 5.70. The van der Waals surface area contributed by atoms with Crippen molar-refractivity contribution in [3.8, 4) is 0 Å². The summed E-state index contributed by atoms with van der Waals surface area (Å²) in [5.74, 6) is 0.556. The van der Waals surface area contributed by atoms with Gasteiger partial charge in [-0.15, -0.1) is 11.6 Å². The maximum Gasteiger partial charge on any atom is 0.0761 e. The quantitative estimate of drug-likeness (QED) is 0.540. The van der Waals surface area contributed by atoms with E-state index in [0.717, 1.165) is 6.61 Å². The second-order valence-corrected chi connectivity index (χ2v) is 2.59. The fourth-order valence-electron chi connectivity index (χ4n) is 0.429. The Morgan fingerprint density at radius 3 is 2.12 bits per heavy atom. The standard InChI is InChI=1S/C6H13ClO/c1-4-8-6(2,3)5-7/h4-5H2,1-3H3. The highest BCUT2D eigenvalue weighted by Gasteiger charge is 2.14. The van der Waals surface area contributed by atoms with Gasteiger partial charge in [-0.3, -0.25) is 0 Å². The summed E-state index contributed by atoms with van der Waals surface area (Å²) in [6.45, 7) is 6.65. The first-order valence-electron chi connectivity index (χ1n) is 2.82. The molecule has 0 bridgehead atoms. The van der Waals surface area contributed by atoms with Gasteiger partial charge in [-0.1, -0.05) is 0 Å². The predicted octanol–water partition coefficient (Wildman–Crippen LogP) is 2.04. The SMILES string of the molecule is CCOC(C)(C)CCl. The van der Waals surface area contributed by atoms with Crippen LogP contribution in [0.1, 0.15) is 20.8 Å². The Hall–Kier alpha value is 0.250. The van der Waals surface area contributed by atoms with Crippen LogP contribution in [0.15, 0.2) is 0 Å². The van der Waals surface area contributed by atoms with Gasteiger partial charge in [0.2, 0.25) is 0 Å². The summed E-state index contributed by atoms with van der Waals surface area (Å²) in [6, 6.07) is 0. The highest BCUT2D eigenvalue weighted by molar-refractivity contribution is 6.18. The van der Waals surface area contributed by atoms with Crippen molar-refractivity contribution in [2.75, 3.05) is 12.5 Å². The lowest BCUT2D eigenvalue weighted by molar-refractivity contribution is 0.00812. The van der Waals surface area contributed by atoms with E-state index >= 15 is 0 Å². The molecule has 50 valence electrons. The zero-order chi connectivity index (χ0) is 6.62. The van der Waals surface area contributed by atoms with E-state index in [0.29, 0.717) is 5.88 Å². The maximum absolute atomic E-state index is 5.55. The van der Waals surface area contributed by atoms with Gasteiger partial charge < -0.3 is 4.74 Å². The van der Waals surface area contributed by atoms with Crippen LogP contribution in [0.3, 0.4) is 0 Å². The van der Waals surface area contributed by atoms with Crippen molar-refractivity contribution in [2.24, 2.45) is 0 Å². The fourth-order valence-corrected chi connectivity index (χ4v) is 0.506. The summed E-state index contributed by atoms with van der Waals surface area (Å²) in [7, 11) is 0. The number of halogens is 1. The second kappa shape index (κ2) is 3.31. The Morgan fingerprint density at radius 2 is 2.00 bits per heavy atom. The Bertz CT molecular complexity index is 61.5. The van der Waals surface area contributed by atoms with Gasteiger partial charge in [0, 0.05) is 6.61 Å². The van der Waals surface area contributed by atoms with Crippen LogP contribution in [0, 0.1) is 0 Å². The molecule has 0 spiro atoms. The molecule has 0 rings (SSSR count). The van der Waals surface area contributed by atoms with Gasteiger partial charge in [0.1, 0.15) is 0 Å². The second-order valence-electron chi connectivity index (χ2n) is 2.33. The zero-order valence-corrected chi connectivity index (χ0v) is 6.46. The van der Waals surface area contributed by atoms with Crippen LogP contribution >= 0.6 is 11.6 Å². The molecule has 0 aliphatic rings. The van der Waals surface area contributed by atoms with Crippen molar-refractivity contribution < 1.29 is 4.74 Å². The summed E-state index contributed by atoms with van der Waals surface area (Å²) < 4.78 is 5.25. The van der Waals surface area contributed by atoms with Gasteiger partial charge in [0.25, 0.3) is 0 Å². The van der Waals surface area contributed by atoms with E-state index in [4.69, 9.17) is 16.3 Å². The normalized spacial score (nSPS) is 12.0. The molecular weight excluding hydrogens is 124 g/mol. The van der Waals surface area contributed by atoms with Crippen molar-refractivity contribution in [1.29, 1.82) is 0 Å². The van der Waals surface area contributed by atoms with E-state index in [1.165, 1.54) is 0 Å². The molecule has 0 saturated carbocycles. The first-order valence-corrected chi connectivity index (χ1v) is 3.36. The van der Waals surface area contributed by atoms with Gasteiger partial charge in [-0.2, -0.15) is 0 Å². The summed E-state index contributed by atoms with van der Waals surface area (Å²) in [6.07, 6.45) is 0. The number of rotatable bonds is 3. The predicted molar refractivity (Wildman–Crippen MR) is 36.4 cm³/mol. The van der Waals surface area contributed by atoms with Crippen LogP contribution in [0.25, 0.3) is 0 Å². The number of ether oxygens (including phenoxy) is 1. The van der Waals surface area contributed by atoms with Crippen molar-refractivity contribution in [2.45, 2.75) is 26.4 Å². The van der Waals surface area contributed by atoms with Crippen LogP contribution in [0.5, 0.6) is 0 Å². The molecule has 0 aliphatic carbocycles. The molecule has 0 aromatic rings. The summed E-state index contributed by atoms with van der Waals surface area (Å²) in [4.78, 5) is 0. The Balaban J connectivity index is 3.37. The van der Waals surface area contributed by atoms with Crippen LogP contribution in [0.2, 0.25) is 0 Å². The van der Waals surface area contributed by atoms with Crippen LogP contribution in [-0.4, -0.2) is 18.1 Å². The molecule has 0 aliphatic heterocycles. The Labute approximate surface area is 56.0 Å². The average molecular weight is 137 g/mol. The third-order valence-corrected chi connectivity index (χ3v) is 1.50. The lowest BCUT2D eigenvalue weighted by Crippen LogP contribution is -2.25. The minimum Gasteiger partial charge on any atom is -0.375 e. The minimum absolute atomic E-state index is 0.143. The van der Waals surface area contributed by atoms with Crippen LogP contribution in [0.4, 0.5) is 0 Å². The highest BCUT2D eigenvalue weighted by Crippen LogP contribution is 2.09. The highest BCUT2D eigenvalue weighted by atomic mass is 35.5. The van der Waals surface area contributed by atoms with Gasteiger partial charge in [0.05, 0.1) is 11.5 Å². The van der Waals surface area contributed by atoms with Gasteiger partial charge in [0.15, 0.2) is 0 Å². The Kier molecular flexibility index (Phi) is 3.41. The third kappa shape index (κ3) is 3.28. The van der Waals surface area contributed by atoms with E-state index in [-0.39, 0.29) is 5.60 Å². The Morgan fingerprint density at radius 1 is 1.50 bits per heavy atom. The molecule has 0 radical (unpaired) electrons. The third-order valence-electron chi connectivity index (χ3n) is 0.857. The molecule has 2 heteroatoms. The average Bonchev–Trinajstić information content (AvgIpc) is 1.67. The fraction of sp³-hybridized carbons (Fsp3) is 1.00. The topological polar surface area (TPSA) is 9.23 Å². The smallest absolute Gasteiger partial charge is 0.0761 e. The summed E-state index contributed by atoms with van der Waals surface area (Å²) >= 11 is 5.55. The minimum atomic E-state index is -0.143. The van der Waals surface area contributed by atoms with Gasteiger partial charge in [-0.05, 0) is 20.8 Å². The molecule has 8 heavy (non-hydrogen) atoms. The van der Waals surface area contributed by atoms with E-state index in [1.807, 2.05) is 20.8 Å². The number of hydrogen-bond acceptors (Lipinski definition) is 1. The number of alkyl halides is 1. The van der Waals surface area contributed by atoms with Gasteiger partial charge >= 0.3 is 0 Å². The van der Waals surface area contributed by atoms with E-state index in [2.05, 4.69) is 0 Å². The monoisotopic (exact) mass is 136 g/mol. The molecule has 0 fully saturated rings. The largest absolute Gasteiger partial charge is 0.375 e. The molecule has 0 N–H and O–H groups in total. The first-order chi connectivity index (χ1) is 3.62. The molecule has 0 amide bonds. The van der Waals surface area contributed by atoms with Gasteiger partial charge in [-0.25, -0.2) is 0 Å². The number of hydrogen-bond donors (Lipinski definition) is 0. The lowest BCUT2D eigenvalue weighted by atomic mass is 10.2. The lowest BCUT2D eigenvalue weighted by Gasteiger charge is -2.20. The van der Waals surface area contributed by atoms with Crippen molar-refractivity contribution in [3.63, 3.8) is 0 Å². The summed E-state index contributed by atoms with van der Waals surface area (Å²) in [5.41, 5.74) is -0.143. The van der Waals surface area contributed by atoms with Crippen LogP contribution < -0.4 is 0 Å². The molecule has 1 nitrogen and oxygen atoms in total. The van der Waals surface area contributed by atoms with E-state index in [1.54, 1.807) is 0 Å². The van der Waals surface area contributed by atoms with Crippen molar-refractivity contribution >= 4 is 11.6 Å². The molecule has 0 aromatic carbocycles. The summed E-state index contributed by atoms with van der Waals surface area (Å²) in [5, 5.41) is 0. The first kappa shape index (κ1) is 8.25. The van der Waals surface area contributed by atoms with Crippen LogP contribution in [-0.2, 0) is 4.74 Å². The molecule has 0 atom stereocenters. The molecule has 0 unspecified atom stereocenters. The molecule has 0 aromatic heterocycles. The maximum atomic E-state index is 5.55. The van der Waals surface area contributed by atoms with Crippen molar-refractivity contribution in [1.82, 2.24) is 0 Å².